The molecule has 2 heterocycles. The molecule has 5 nitrogen and oxygen atoms in total. The second-order valence-electron chi connectivity index (χ2n) is 6.55. The maximum Gasteiger partial charge on any atom is 0.265 e. The van der Waals surface area contributed by atoms with Gasteiger partial charge in [-0.2, -0.15) is 5.10 Å². The van der Waals surface area contributed by atoms with Crippen molar-refractivity contribution in [2.75, 3.05) is 5.32 Å². The summed E-state index contributed by atoms with van der Waals surface area (Å²) in [7, 11) is 0. The van der Waals surface area contributed by atoms with E-state index < -0.39 is 0 Å². The maximum absolute atomic E-state index is 12.6. The van der Waals surface area contributed by atoms with Gasteiger partial charge in [0.15, 0.2) is 0 Å². The molecule has 0 bridgehead atoms. The highest BCUT2D eigenvalue weighted by atomic mass is 79.9. The fourth-order valence-corrected chi connectivity index (χ4v) is 4.02. The molecular weight excluding hydrogens is 486 g/mol. The van der Waals surface area contributed by atoms with Gasteiger partial charge in [-0.25, -0.2) is 0 Å². The van der Waals surface area contributed by atoms with Gasteiger partial charge in [0.1, 0.15) is 12.4 Å². The SMILES string of the molecule is O=C(Nc1cnn(Cc2ccc(Br)cc2)c1)c1cc(COc2ccccc2Cl)cs1. The summed E-state index contributed by atoms with van der Waals surface area (Å²) in [6, 6.07) is 17.2. The minimum atomic E-state index is -0.174. The second kappa shape index (κ2) is 9.47. The number of anilines is 1. The van der Waals surface area contributed by atoms with E-state index in [0.717, 1.165) is 15.6 Å². The van der Waals surface area contributed by atoms with Crippen LogP contribution in [-0.4, -0.2) is 15.7 Å². The van der Waals surface area contributed by atoms with E-state index >= 15 is 0 Å². The van der Waals surface area contributed by atoms with E-state index in [1.807, 2.05) is 60.1 Å². The third-order valence-electron chi connectivity index (χ3n) is 4.26. The summed E-state index contributed by atoms with van der Waals surface area (Å²) in [6.45, 7) is 0.977. The number of nitrogens with zero attached hydrogens (tertiary/aromatic N) is 2. The molecule has 30 heavy (non-hydrogen) atoms. The van der Waals surface area contributed by atoms with E-state index in [1.165, 1.54) is 11.3 Å². The summed E-state index contributed by atoms with van der Waals surface area (Å²) in [5, 5.41) is 9.67. The van der Waals surface area contributed by atoms with Crippen LogP contribution in [0.15, 0.2) is 76.8 Å². The summed E-state index contributed by atoms with van der Waals surface area (Å²) in [5.74, 6) is 0.446. The van der Waals surface area contributed by atoms with Gasteiger partial charge >= 0.3 is 0 Å². The summed E-state index contributed by atoms with van der Waals surface area (Å²) >= 11 is 10.9. The molecule has 0 spiro atoms. The Morgan fingerprint density at radius 1 is 1.17 bits per heavy atom. The summed E-state index contributed by atoms with van der Waals surface area (Å²) in [5.41, 5.74) is 2.69. The number of hydrogen-bond acceptors (Lipinski definition) is 4. The van der Waals surface area contributed by atoms with Gasteiger partial charge in [0.25, 0.3) is 5.91 Å². The lowest BCUT2D eigenvalue weighted by Gasteiger charge is -2.06. The molecule has 2 aromatic carbocycles. The molecule has 1 N–H and O–H groups in total. The molecule has 4 aromatic rings. The standard InChI is InChI=1S/C22H17BrClN3O2S/c23-17-7-5-15(6-8-17)11-27-12-18(10-25-27)26-22(28)21-9-16(14-30-21)13-29-20-4-2-1-3-19(20)24/h1-10,12,14H,11,13H2,(H,26,28). The average Bonchev–Trinajstić information content (AvgIpc) is 3.39. The van der Waals surface area contributed by atoms with Crippen molar-refractivity contribution < 1.29 is 9.53 Å². The van der Waals surface area contributed by atoms with Gasteiger partial charge in [-0.15, -0.1) is 11.3 Å². The number of rotatable bonds is 7. The molecule has 152 valence electrons. The summed E-state index contributed by atoms with van der Waals surface area (Å²) < 4.78 is 8.55. The number of halogens is 2. The van der Waals surface area contributed by atoms with Gasteiger partial charge in [-0.3, -0.25) is 9.48 Å². The molecule has 0 aliphatic rings. The molecule has 0 unspecified atom stereocenters. The number of carbonyl (C=O) groups is 1. The predicted octanol–water partition coefficient (Wildman–Crippen LogP) is 6.24. The first-order chi connectivity index (χ1) is 14.6. The Morgan fingerprint density at radius 2 is 1.97 bits per heavy atom. The van der Waals surface area contributed by atoms with Crippen LogP contribution < -0.4 is 10.1 Å². The van der Waals surface area contributed by atoms with Crippen LogP contribution in [0.3, 0.4) is 0 Å². The Hall–Kier alpha value is -2.61. The van der Waals surface area contributed by atoms with Gasteiger partial charge in [0.05, 0.1) is 28.3 Å². The molecule has 0 aliphatic carbocycles. The number of ether oxygens (including phenoxy) is 1. The number of amides is 1. The van der Waals surface area contributed by atoms with Crippen molar-refractivity contribution in [1.82, 2.24) is 9.78 Å². The number of thiophene rings is 1. The van der Waals surface area contributed by atoms with E-state index in [1.54, 1.807) is 16.9 Å². The van der Waals surface area contributed by atoms with Crippen molar-refractivity contribution in [3.05, 3.63) is 97.9 Å². The predicted molar refractivity (Wildman–Crippen MR) is 124 cm³/mol. The van der Waals surface area contributed by atoms with Crippen molar-refractivity contribution in [3.63, 3.8) is 0 Å². The highest BCUT2D eigenvalue weighted by Crippen LogP contribution is 2.25. The quantitative estimate of drug-likeness (QED) is 0.325. The average molecular weight is 503 g/mol. The van der Waals surface area contributed by atoms with Crippen molar-refractivity contribution in [2.45, 2.75) is 13.2 Å². The van der Waals surface area contributed by atoms with Gasteiger partial charge in [-0.1, -0.05) is 51.8 Å². The molecule has 0 saturated heterocycles. The summed E-state index contributed by atoms with van der Waals surface area (Å²) in [4.78, 5) is 13.2. The fraction of sp³-hybridized carbons (Fsp3) is 0.0909. The number of aromatic nitrogens is 2. The first kappa shape index (κ1) is 20.7. The first-order valence-electron chi connectivity index (χ1n) is 9.10. The molecule has 1 amide bonds. The third kappa shape index (κ3) is 5.30. The number of benzene rings is 2. The van der Waals surface area contributed by atoms with E-state index in [4.69, 9.17) is 16.3 Å². The highest BCUT2D eigenvalue weighted by molar-refractivity contribution is 9.10. The fourth-order valence-electron chi connectivity index (χ4n) is 2.78. The van der Waals surface area contributed by atoms with Gasteiger partial charge in [0.2, 0.25) is 0 Å². The van der Waals surface area contributed by atoms with Crippen LogP contribution in [0.5, 0.6) is 5.75 Å². The number of hydrogen-bond donors (Lipinski definition) is 1. The molecule has 2 aromatic heterocycles. The van der Waals surface area contributed by atoms with E-state index in [0.29, 0.717) is 34.5 Å². The Morgan fingerprint density at radius 3 is 2.77 bits per heavy atom. The second-order valence-corrected chi connectivity index (χ2v) is 8.78. The van der Waals surface area contributed by atoms with Gasteiger partial charge < -0.3 is 10.1 Å². The van der Waals surface area contributed by atoms with Crippen LogP contribution in [0.1, 0.15) is 20.8 Å². The minimum Gasteiger partial charge on any atom is -0.487 e. The van der Waals surface area contributed by atoms with Crippen LogP contribution in [0, 0.1) is 0 Å². The number of para-hydroxylation sites is 1. The zero-order chi connectivity index (χ0) is 20.9. The van der Waals surface area contributed by atoms with Crippen molar-refractivity contribution in [2.24, 2.45) is 0 Å². The monoisotopic (exact) mass is 501 g/mol. The summed E-state index contributed by atoms with van der Waals surface area (Å²) in [6.07, 6.45) is 3.46. The number of carbonyl (C=O) groups excluding carboxylic acids is 1. The Balaban J connectivity index is 1.34. The van der Waals surface area contributed by atoms with Crippen molar-refractivity contribution in [1.29, 1.82) is 0 Å². The topological polar surface area (TPSA) is 56.2 Å². The lowest BCUT2D eigenvalue weighted by molar-refractivity contribution is 0.103. The Bertz CT molecular complexity index is 1160. The Labute approximate surface area is 191 Å². The van der Waals surface area contributed by atoms with Crippen LogP contribution >= 0.6 is 38.9 Å². The van der Waals surface area contributed by atoms with Crippen molar-refractivity contribution >= 4 is 50.5 Å². The van der Waals surface area contributed by atoms with Gasteiger partial charge in [0, 0.05) is 16.2 Å². The smallest absolute Gasteiger partial charge is 0.265 e. The minimum absolute atomic E-state index is 0.174. The van der Waals surface area contributed by atoms with Crippen LogP contribution in [0.2, 0.25) is 5.02 Å². The van der Waals surface area contributed by atoms with Gasteiger partial charge in [-0.05, 0) is 41.3 Å². The lowest BCUT2D eigenvalue weighted by Crippen LogP contribution is -2.09. The first-order valence-corrected chi connectivity index (χ1v) is 11.1. The van der Waals surface area contributed by atoms with Crippen LogP contribution in [0.4, 0.5) is 5.69 Å². The molecule has 0 fully saturated rings. The maximum atomic E-state index is 12.6. The Kier molecular flexibility index (Phi) is 6.52. The molecular formula is C22H17BrClN3O2S. The van der Waals surface area contributed by atoms with E-state index in [9.17, 15) is 4.79 Å². The molecule has 0 aliphatic heterocycles. The largest absolute Gasteiger partial charge is 0.487 e. The molecule has 4 rings (SSSR count). The number of nitrogens with one attached hydrogen (secondary N) is 1. The van der Waals surface area contributed by atoms with E-state index in [2.05, 4.69) is 26.3 Å². The molecule has 0 atom stereocenters. The lowest BCUT2D eigenvalue weighted by atomic mass is 10.2. The normalized spacial score (nSPS) is 10.7. The van der Waals surface area contributed by atoms with E-state index in [-0.39, 0.29) is 5.91 Å². The molecule has 0 radical (unpaired) electrons. The molecule has 8 heteroatoms. The third-order valence-corrected chi connectivity index (χ3v) is 6.08. The van der Waals surface area contributed by atoms with Crippen LogP contribution in [0.25, 0.3) is 0 Å². The zero-order valence-electron chi connectivity index (χ0n) is 15.7. The van der Waals surface area contributed by atoms with Crippen molar-refractivity contribution in [3.8, 4) is 5.75 Å². The molecule has 0 saturated carbocycles. The zero-order valence-corrected chi connectivity index (χ0v) is 18.9. The highest BCUT2D eigenvalue weighted by Gasteiger charge is 2.12. The van der Waals surface area contributed by atoms with Crippen LogP contribution in [-0.2, 0) is 13.2 Å².